The molecule has 0 bridgehead atoms. The van der Waals surface area contributed by atoms with Crippen LogP contribution < -0.4 is 14.8 Å². The second kappa shape index (κ2) is 8.73. The molecule has 9 heteroatoms. The van der Waals surface area contributed by atoms with Gasteiger partial charge in [-0.3, -0.25) is 4.79 Å². The molecule has 0 spiro atoms. The summed E-state index contributed by atoms with van der Waals surface area (Å²) in [5.41, 5.74) is 1.46. The number of halogens is 1. The van der Waals surface area contributed by atoms with Crippen LogP contribution in [-0.4, -0.2) is 33.9 Å². The molecule has 4 rings (SSSR count). The average molecular weight is 443 g/mol. The fourth-order valence-electron chi connectivity index (χ4n) is 2.85. The monoisotopic (exact) mass is 442 g/mol. The van der Waals surface area contributed by atoms with Gasteiger partial charge in [0, 0.05) is 6.07 Å². The Hall–Kier alpha value is -3.10. The Kier molecular flexibility index (Phi) is 5.87. The molecular weight excluding hydrogens is 424 g/mol. The minimum absolute atomic E-state index is 0.135. The number of hydrogen-bond donors (Lipinski definition) is 1. The smallest absolute Gasteiger partial charge is 0.263 e. The number of amides is 1. The first-order chi connectivity index (χ1) is 14.5. The predicted molar refractivity (Wildman–Crippen MR) is 118 cm³/mol. The number of carbonyl (C=O) groups excluding carboxylic acids is 1. The maximum absolute atomic E-state index is 12.4. The molecule has 0 atom stereocenters. The number of ether oxygens (including phenoxy) is 2. The molecule has 0 saturated carbocycles. The van der Waals surface area contributed by atoms with Gasteiger partial charge >= 0.3 is 0 Å². The zero-order valence-electron chi connectivity index (χ0n) is 16.4. The summed E-state index contributed by atoms with van der Waals surface area (Å²) in [6, 6.07) is 14.5. The molecule has 0 aliphatic carbocycles. The summed E-state index contributed by atoms with van der Waals surface area (Å²) in [7, 11) is 0. The van der Waals surface area contributed by atoms with Crippen LogP contribution in [0.4, 0.5) is 5.82 Å². The number of para-hydroxylation sites is 1. The van der Waals surface area contributed by atoms with Crippen molar-refractivity contribution in [3.05, 3.63) is 59.2 Å². The van der Waals surface area contributed by atoms with E-state index < -0.39 is 0 Å². The zero-order valence-corrected chi connectivity index (χ0v) is 18.0. The molecule has 1 N–H and O–H groups in total. The molecule has 154 valence electrons. The Morgan fingerprint density at radius 1 is 1.17 bits per heavy atom. The number of aromatic nitrogens is 3. The van der Waals surface area contributed by atoms with E-state index in [-0.39, 0.29) is 12.5 Å². The van der Waals surface area contributed by atoms with Gasteiger partial charge in [-0.15, -0.1) is 0 Å². The molecule has 0 fully saturated rings. The van der Waals surface area contributed by atoms with Crippen molar-refractivity contribution in [2.45, 2.75) is 13.8 Å². The Morgan fingerprint density at radius 2 is 1.90 bits per heavy atom. The number of thiazole rings is 1. The van der Waals surface area contributed by atoms with Crippen LogP contribution in [0.5, 0.6) is 11.5 Å². The Morgan fingerprint density at radius 3 is 2.60 bits per heavy atom. The zero-order chi connectivity index (χ0) is 21.1. The standard InChI is InChI=1S/C21H19ClN4O3S/c1-3-28-14-7-9-15(10-8-14)29-12-19(27)23-18-11-13(2)25-26(18)21-24-20-16(22)5-4-6-17(20)30-21/h4-11H,3,12H2,1-2H3,(H,23,27). The number of carbonyl (C=O) groups is 1. The van der Waals surface area contributed by atoms with Gasteiger partial charge in [0.25, 0.3) is 5.91 Å². The quantitative estimate of drug-likeness (QED) is 0.442. The SMILES string of the molecule is CCOc1ccc(OCC(=O)Nc2cc(C)nn2-c2nc3c(Cl)cccc3s2)cc1. The fraction of sp³-hybridized carbons (Fsp3) is 0.190. The Labute approximate surface area is 182 Å². The molecule has 2 heterocycles. The Bertz CT molecular complexity index is 1190. The summed E-state index contributed by atoms with van der Waals surface area (Å²) in [6.45, 7) is 4.23. The van der Waals surface area contributed by atoms with Gasteiger partial charge in [0.2, 0.25) is 5.13 Å². The first-order valence-electron chi connectivity index (χ1n) is 9.31. The van der Waals surface area contributed by atoms with Crippen LogP contribution in [0, 0.1) is 6.92 Å². The van der Waals surface area contributed by atoms with Crippen molar-refractivity contribution in [3.8, 4) is 16.6 Å². The highest BCUT2D eigenvalue weighted by atomic mass is 35.5. The summed E-state index contributed by atoms with van der Waals surface area (Å²) in [5.74, 6) is 1.55. The summed E-state index contributed by atoms with van der Waals surface area (Å²) in [5, 5.41) is 8.49. The van der Waals surface area contributed by atoms with Gasteiger partial charge in [-0.2, -0.15) is 9.78 Å². The van der Waals surface area contributed by atoms with Crippen molar-refractivity contribution in [1.29, 1.82) is 0 Å². The lowest BCUT2D eigenvalue weighted by molar-refractivity contribution is -0.118. The number of nitrogens with zero attached hydrogens (tertiary/aromatic N) is 3. The van der Waals surface area contributed by atoms with Crippen LogP contribution in [0.2, 0.25) is 5.02 Å². The third-order valence-electron chi connectivity index (χ3n) is 4.14. The number of hydrogen-bond acceptors (Lipinski definition) is 6. The highest BCUT2D eigenvalue weighted by Crippen LogP contribution is 2.31. The molecule has 0 saturated heterocycles. The van der Waals surface area contributed by atoms with E-state index in [1.54, 1.807) is 41.1 Å². The van der Waals surface area contributed by atoms with Crippen molar-refractivity contribution in [3.63, 3.8) is 0 Å². The lowest BCUT2D eigenvalue weighted by atomic mass is 10.3. The number of fused-ring (bicyclic) bond motifs is 1. The van der Waals surface area contributed by atoms with Crippen molar-refractivity contribution >= 4 is 44.9 Å². The molecule has 1 amide bonds. The van der Waals surface area contributed by atoms with Gasteiger partial charge in [0.05, 0.1) is 22.0 Å². The average Bonchev–Trinajstić information content (AvgIpc) is 3.32. The molecule has 0 aliphatic rings. The van der Waals surface area contributed by atoms with Gasteiger partial charge in [-0.25, -0.2) is 4.98 Å². The van der Waals surface area contributed by atoms with Gasteiger partial charge in [-0.1, -0.05) is 29.0 Å². The van der Waals surface area contributed by atoms with Crippen LogP contribution in [0.3, 0.4) is 0 Å². The molecule has 2 aromatic heterocycles. The van der Waals surface area contributed by atoms with Crippen molar-refractivity contribution in [1.82, 2.24) is 14.8 Å². The minimum atomic E-state index is -0.302. The molecular formula is C21H19ClN4O3S. The maximum Gasteiger partial charge on any atom is 0.263 e. The second-order valence-corrected chi connectivity index (χ2v) is 7.82. The molecule has 0 unspecified atom stereocenters. The number of anilines is 1. The van der Waals surface area contributed by atoms with E-state index in [1.807, 2.05) is 26.0 Å². The molecule has 30 heavy (non-hydrogen) atoms. The minimum Gasteiger partial charge on any atom is -0.494 e. The van der Waals surface area contributed by atoms with Crippen molar-refractivity contribution in [2.24, 2.45) is 0 Å². The van der Waals surface area contributed by atoms with E-state index in [0.29, 0.717) is 33.8 Å². The van der Waals surface area contributed by atoms with Gasteiger partial charge in [0.1, 0.15) is 22.8 Å². The molecule has 0 aliphatic heterocycles. The summed E-state index contributed by atoms with van der Waals surface area (Å²) in [6.07, 6.45) is 0. The van der Waals surface area contributed by atoms with Gasteiger partial charge in [-0.05, 0) is 50.2 Å². The van der Waals surface area contributed by atoms with E-state index in [0.717, 1.165) is 16.1 Å². The third-order valence-corrected chi connectivity index (χ3v) is 5.44. The topological polar surface area (TPSA) is 78.3 Å². The second-order valence-electron chi connectivity index (χ2n) is 6.41. The van der Waals surface area contributed by atoms with E-state index in [2.05, 4.69) is 15.4 Å². The molecule has 2 aromatic carbocycles. The summed E-state index contributed by atoms with van der Waals surface area (Å²) >= 11 is 7.68. The molecule has 0 radical (unpaired) electrons. The molecule has 7 nitrogen and oxygen atoms in total. The van der Waals surface area contributed by atoms with Gasteiger partial charge < -0.3 is 14.8 Å². The van der Waals surface area contributed by atoms with Crippen LogP contribution in [0.15, 0.2) is 48.5 Å². The van der Waals surface area contributed by atoms with Crippen LogP contribution in [0.25, 0.3) is 15.3 Å². The predicted octanol–water partition coefficient (Wildman–Crippen LogP) is 4.86. The lowest BCUT2D eigenvalue weighted by Crippen LogP contribution is -2.21. The van der Waals surface area contributed by atoms with Crippen molar-refractivity contribution < 1.29 is 14.3 Å². The molecule has 4 aromatic rings. The normalized spacial score (nSPS) is 10.9. The largest absolute Gasteiger partial charge is 0.494 e. The number of aryl methyl sites for hydroxylation is 1. The maximum atomic E-state index is 12.4. The van der Waals surface area contributed by atoms with Gasteiger partial charge in [0.15, 0.2) is 6.61 Å². The Balaban J connectivity index is 1.47. The van der Waals surface area contributed by atoms with Crippen LogP contribution in [-0.2, 0) is 4.79 Å². The summed E-state index contributed by atoms with van der Waals surface area (Å²) < 4.78 is 13.5. The number of benzene rings is 2. The third kappa shape index (κ3) is 4.39. The first-order valence-corrected chi connectivity index (χ1v) is 10.5. The van der Waals surface area contributed by atoms with E-state index in [4.69, 9.17) is 21.1 Å². The van der Waals surface area contributed by atoms with E-state index >= 15 is 0 Å². The van der Waals surface area contributed by atoms with Crippen LogP contribution >= 0.6 is 22.9 Å². The highest BCUT2D eigenvalue weighted by Gasteiger charge is 2.16. The van der Waals surface area contributed by atoms with Crippen molar-refractivity contribution in [2.75, 3.05) is 18.5 Å². The first kappa shape index (κ1) is 20.2. The fourth-order valence-corrected chi connectivity index (χ4v) is 4.09. The highest BCUT2D eigenvalue weighted by molar-refractivity contribution is 7.20. The lowest BCUT2D eigenvalue weighted by Gasteiger charge is -2.09. The number of nitrogens with one attached hydrogen (secondary N) is 1. The van der Waals surface area contributed by atoms with Crippen LogP contribution in [0.1, 0.15) is 12.6 Å². The number of rotatable bonds is 7. The van der Waals surface area contributed by atoms with E-state index in [1.165, 1.54) is 11.3 Å². The summed E-state index contributed by atoms with van der Waals surface area (Å²) in [4.78, 5) is 17.0. The van der Waals surface area contributed by atoms with E-state index in [9.17, 15) is 4.79 Å².